The minimum atomic E-state index is -4.10. The molecule has 0 aromatic heterocycles. The molecule has 1 unspecified atom stereocenters. The van der Waals surface area contributed by atoms with Crippen molar-refractivity contribution in [2.75, 3.05) is 20.1 Å². The largest absolute Gasteiger partial charge is 0.368 e. The molecular formula is C20H21F2N3O4S. The number of carbonyl (C=O) groups excluding carboxylic acids is 2. The van der Waals surface area contributed by atoms with E-state index in [1.165, 1.54) is 29.6 Å². The summed E-state index contributed by atoms with van der Waals surface area (Å²) in [6.45, 7) is 0.562. The molecule has 1 aliphatic heterocycles. The van der Waals surface area contributed by atoms with Gasteiger partial charge in [0.2, 0.25) is 15.9 Å². The highest BCUT2D eigenvalue weighted by atomic mass is 32.2. The van der Waals surface area contributed by atoms with Gasteiger partial charge in [0.05, 0.1) is 0 Å². The Labute approximate surface area is 173 Å². The van der Waals surface area contributed by atoms with Crippen molar-refractivity contribution < 1.29 is 26.8 Å². The highest BCUT2D eigenvalue weighted by molar-refractivity contribution is 7.89. The van der Waals surface area contributed by atoms with E-state index in [1.807, 2.05) is 0 Å². The number of hydrogen-bond donors (Lipinski definition) is 1. The van der Waals surface area contributed by atoms with Crippen LogP contribution in [0.5, 0.6) is 0 Å². The fourth-order valence-corrected chi connectivity index (χ4v) is 5.09. The summed E-state index contributed by atoms with van der Waals surface area (Å²) in [6, 6.07) is 6.74. The fraction of sp³-hybridized carbons (Fsp3) is 0.300. The number of rotatable bonds is 6. The van der Waals surface area contributed by atoms with Gasteiger partial charge in [-0.1, -0.05) is 12.1 Å². The van der Waals surface area contributed by atoms with E-state index < -0.39 is 44.4 Å². The highest BCUT2D eigenvalue weighted by Crippen LogP contribution is 2.26. The second kappa shape index (κ2) is 8.49. The van der Waals surface area contributed by atoms with Gasteiger partial charge in [-0.05, 0) is 48.7 Å². The summed E-state index contributed by atoms with van der Waals surface area (Å²) in [7, 11) is -2.82. The third-order valence-corrected chi connectivity index (χ3v) is 6.92. The molecule has 2 aromatic carbocycles. The van der Waals surface area contributed by atoms with E-state index >= 15 is 0 Å². The van der Waals surface area contributed by atoms with Crippen molar-refractivity contribution in [2.45, 2.75) is 23.8 Å². The Morgan fingerprint density at radius 3 is 2.37 bits per heavy atom. The van der Waals surface area contributed by atoms with E-state index in [0.717, 1.165) is 29.2 Å². The fourth-order valence-electron chi connectivity index (χ4n) is 3.48. The molecule has 1 saturated heterocycles. The smallest absolute Gasteiger partial charge is 0.254 e. The summed E-state index contributed by atoms with van der Waals surface area (Å²) in [6.07, 6.45) is 1.35. The lowest BCUT2D eigenvalue weighted by molar-refractivity contribution is -0.122. The number of hydrogen-bond acceptors (Lipinski definition) is 4. The first kappa shape index (κ1) is 21.8. The third-order valence-electron chi connectivity index (χ3n) is 5.00. The maximum absolute atomic E-state index is 14.3. The predicted octanol–water partition coefficient (Wildman–Crippen LogP) is 2.05. The molecule has 1 heterocycles. The number of primary amides is 1. The number of carbonyl (C=O) groups is 2. The zero-order valence-electron chi connectivity index (χ0n) is 16.2. The van der Waals surface area contributed by atoms with Crippen LogP contribution in [0, 0.1) is 11.6 Å². The first-order chi connectivity index (χ1) is 14.1. The molecule has 10 heteroatoms. The van der Waals surface area contributed by atoms with E-state index in [-0.39, 0.29) is 24.2 Å². The molecule has 1 aliphatic rings. The van der Waals surface area contributed by atoms with Gasteiger partial charge in [-0.15, -0.1) is 0 Å². The average Bonchev–Trinajstić information content (AvgIpc) is 3.23. The van der Waals surface area contributed by atoms with Gasteiger partial charge in [-0.25, -0.2) is 17.2 Å². The van der Waals surface area contributed by atoms with Crippen molar-refractivity contribution in [3.05, 3.63) is 65.2 Å². The second-order valence-electron chi connectivity index (χ2n) is 7.03. The number of benzene rings is 2. The normalized spacial score (nSPS) is 15.7. The summed E-state index contributed by atoms with van der Waals surface area (Å²) in [5, 5.41) is 0. The van der Waals surface area contributed by atoms with Gasteiger partial charge in [0.15, 0.2) is 0 Å². The van der Waals surface area contributed by atoms with Crippen LogP contribution in [0.15, 0.2) is 47.4 Å². The zero-order valence-corrected chi connectivity index (χ0v) is 17.0. The molecule has 1 atom stereocenters. The molecule has 30 heavy (non-hydrogen) atoms. The Hall–Kier alpha value is -2.85. The molecule has 0 spiro atoms. The van der Waals surface area contributed by atoms with Crippen LogP contribution < -0.4 is 5.73 Å². The first-order valence-corrected chi connectivity index (χ1v) is 10.7. The summed E-state index contributed by atoms with van der Waals surface area (Å²) in [5.74, 6) is -3.25. The number of halogens is 2. The molecule has 0 bridgehead atoms. The maximum Gasteiger partial charge on any atom is 0.254 e. The summed E-state index contributed by atoms with van der Waals surface area (Å²) < 4.78 is 54.6. The molecule has 0 aliphatic carbocycles. The van der Waals surface area contributed by atoms with Crippen molar-refractivity contribution in [2.24, 2.45) is 5.73 Å². The molecule has 160 valence electrons. The van der Waals surface area contributed by atoms with Crippen molar-refractivity contribution in [1.82, 2.24) is 9.21 Å². The third kappa shape index (κ3) is 4.19. The lowest BCUT2D eigenvalue weighted by atomic mass is 10.0. The van der Waals surface area contributed by atoms with Crippen LogP contribution >= 0.6 is 0 Å². The van der Waals surface area contributed by atoms with Crippen molar-refractivity contribution >= 4 is 21.8 Å². The molecule has 3 rings (SSSR count). The van der Waals surface area contributed by atoms with Crippen LogP contribution in [-0.4, -0.2) is 49.6 Å². The van der Waals surface area contributed by atoms with Gasteiger partial charge in [0.25, 0.3) is 5.91 Å². The Morgan fingerprint density at radius 2 is 1.77 bits per heavy atom. The van der Waals surface area contributed by atoms with Gasteiger partial charge in [-0.2, -0.15) is 4.31 Å². The Balaban J connectivity index is 1.97. The van der Waals surface area contributed by atoms with Crippen molar-refractivity contribution in [3.63, 3.8) is 0 Å². The lowest BCUT2D eigenvalue weighted by Crippen LogP contribution is -2.39. The lowest BCUT2D eigenvalue weighted by Gasteiger charge is -2.26. The molecule has 0 saturated carbocycles. The number of sulfonamides is 1. The molecule has 2 N–H and O–H groups in total. The molecular weight excluding hydrogens is 416 g/mol. The van der Waals surface area contributed by atoms with Gasteiger partial charge in [0, 0.05) is 25.7 Å². The molecule has 2 amide bonds. The van der Waals surface area contributed by atoms with Gasteiger partial charge in [0.1, 0.15) is 22.6 Å². The Morgan fingerprint density at radius 1 is 1.10 bits per heavy atom. The van der Waals surface area contributed by atoms with Crippen LogP contribution in [0.1, 0.15) is 34.8 Å². The highest BCUT2D eigenvalue weighted by Gasteiger charge is 2.32. The monoisotopic (exact) mass is 437 g/mol. The quantitative estimate of drug-likeness (QED) is 0.747. The summed E-state index contributed by atoms with van der Waals surface area (Å²) in [5.41, 5.74) is 5.44. The second-order valence-corrected chi connectivity index (χ2v) is 8.94. The van der Waals surface area contributed by atoms with E-state index in [9.17, 15) is 26.8 Å². The van der Waals surface area contributed by atoms with Crippen LogP contribution in [0.4, 0.5) is 8.78 Å². The maximum atomic E-state index is 14.3. The first-order valence-electron chi connectivity index (χ1n) is 9.24. The van der Waals surface area contributed by atoms with E-state index in [4.69, 9.17) is 5.73 Å². The number of nitrogens with two attached hydrogens (primary N) is 1. The molecule has 0 radical (unpaired) electrons. The molecule has 2 aromatic rings. The Bertz CT molecular complexity index is 1090. The summed E-state index contributed by atoms with van der Waals surface area (Å²) >= 11 is 0. The minimum Gasteiger partial charge on any atom is -0.368 e. The van der Waals surface area contributed by atoms with E-state index in [1.54, 1.807) is 0 Å². The van der Waals surface area contributed by atoms with E-state index in [2.05, 4.69) is 0 Å². The zero-order chi connectivity index (χ0) is 22.1. The number of nitrogens with zero attached hydrogens (tertiary/aromatic N) is 2. The standard InChI is InChI=1S/C20H21F2N3O4S/c1-24(18(19(23)26)13-5-4-6-15(21)11-13)20(27)14-7-8-16(22)17(12-14)30(28,29)25-9-2-3-10-25/h4-8,11-12,18H,2-3,9-10H2,1H3,(H2,23,26). The number of likely N-dealkylation sites (N-methyl/N-ethyl adjacent to an activating group) is 1. The van der Waals surface area contributed by atoms with Gasteiger partial charge >= 0.3 is 0 Å². The van der Waals surface area contributed by atoms with Crippen molar-refractivity contribution in [1.29, 1.82) is 0 Å². The predicted molar refractivity (Wildman–Crippen MR) is 105 cm³/mol. The minimum absolute atomic E-state index is 0.140. The van der Waals surface area contributed by atoms with Gasteiger partial charge in [-0.3, -0.25) is 9.59 Å². The Kier molecular flexibility index (Phi) is 6.18. The summed E-state index contributed by atoms with van der Waals surface area (Å²) in [4.78, 5) is 25.3. The SMILES string of the molecule is CN(C(=O)c1ccc(F)c(S(=O)(=O)N2CCCC2)c1)C(C(N)=O)c1cccc(F)c1. The van der Waals surface area contributed by atoms with Crippen LogP contribution in [-0.2, 0) is 14.8 Å². The molecule has 1 fully saturated rings. The number of amides is 2. The van der Waals surface area contributed by atoms with E-state index in [0.29, 0.717) is 12.8 Å². The van der Waals surface area contributed by atoms with Crippen LogP contribution in [0.3, 0.4) is 0 Å². The van der Waals surface area contributed by atoms with Gasteiger partial charge < -0.3 is 10.6 Å². The van der Waals surface area contributed by atoms with Crippen LogP contribution in [0.2, 0.25) is 0 Å². The topological polar surface area (TPSA) is 101 Å². The average molecular weight is 437 g/mol. The van der Waals surface area contributed by atoms with Crippen LogP contribution in [0.25, 0.3) is 0 Å². The molecule has 7 nitrogen and oxygen atoms in total. The van der Waals surface area contributed by atoms with Crippen molar-refractivity contribution in [3.8, 4) is 0 Å².